The summed E-state index contributed by atoms with van der Waals surface area (Å²) in [5, 5.41) is 24.1. The van der Waals surface area contributed by atoms with Crippen LogP contribution in [0.4, 0.5) is 5.69 Å². The maximum Gasteiger partial charge on any atom is 0.187 e. The number of hydrogen-bond donors (Lipinski definition) is 0. The molecule has 0 N–H and O–H groups in total. The van der Waals surface area contributed by atoms with E-state index < -0.39 is 0 Å². The van der Waals surface area contributed by atoms with E-state index in [4.69, 9.17) is 6.57 Å². The van der Waals surface area contributed by atoms with Gasteiger partial charge in [0.05, 0.1) is 51.9 Å². The van der Waals surface area contributed by atoms with Crippen molar-refractivity contribution in [1.29, 1.82) is 10.5 Å². The Morgan fingerprint density at radius 2 is 1.07 bits per heavy atom. The van der Waals surface area contributed by atoms with Gasteiger partial charge in [-0.1, -0.05) is 66.7 Å². The summed E-state index contributed by atoms with van der Waals surface area (Å²) in [6.07, 6.45) is 0. The molecular formula is C39H21N5. The third kappa shape index (κ3) is 3.70. The van der Waals surface area contributed by atoms with E-state index in [-0.39, 0.29) is 0 Å². The lowest BCUT2D eigenvalue weighted by Crippen LogP contribution is -2.00. The highest BCUT2D eigenvalue weighted by Crippen LogP contribution is 2.39. The van der Waals surface area contributed by atoms with Gasteiger partial charge in [-0.3, -0.25) is 0 Å². The summed E-state index contributed by atoms with van der Waals surface area (Å²) < 4.78 is 4.49. The molecule has 6 aromatic carbocycles. The molecule has 2 heterocycles. The molecule has 202 valence electrons. The number of hydrogen-bond acceptors (Lipinski definition) is 2. The van der Waals surface area contributed by atoms with Gasteiger partial charge in [0.15, 0.2) is 5.69 Å². The maximum atomic E-state index is 10.1. The Bertz CT molecular complexity index is 2540. The minimum Gasteiger partial charge on any atom is -0.309 e. The fourth-order valence-electron chi connectivity index (χ4n) is 6.47. The Morgan fingerprint density at radius 1 is 0.523 bits per heavy atom. The number of rotatable bonds is 3. The zero-order chi connectivity index (χ0) is 29.8. The van der Waals surface area contributed by atoms with E-state index in [1.54, 1.807) is 18.2 Å². The highest BCUT2D eigenvalue weighted by molar-refractivity contribution is 6.11. The van der Waals surface area contributed by atoms with Crippen LogP contribution in [0.5, 0.6) is 0 Å². The highest BCUT2D eigenvalue weighted by Gasteiger charge is 2.18. The van der Waals surface area contributed by atoms with E-state index in [0.717, 1.165) is 60.5 Å². The van der Waals surface area contributed by atoms with Gasteiger partial charge in [-0.2, -0.15) is 10.5 Å². The Hall–Kier alpha value is -6.61. The predicted octanol–water partition coefficient (Wildman–Crippen LogP) is 9.84. The van der Waals surface area contributed by atoms with Gasteiger partial charge in [0.25, 0.3) is 0 Å². The highest BCUT2D eigenvalue weighted by atomic mass is 15.0. The van der Waals surface area contributed by atoms with Crippen LogP contribution in [-0.2, 0) is 0 Å². The van der Waals surface area contributed by atoms with Crippen LogP contribution in [0.3, 0.4) is 0 Å². The zero-order valence-corrected chi connectivity index (χ0v) is 23.4. The average molecular weight is 560 g/mol. The third-order valence-corrected chi connectivity index (χ3v) is 8.36. The number of aromatic nitrogens is 2. The van der Waals surface area contributed by atoms with Crippen molar-refractivity contribution >= 4 is 49.3 Å². The van der Waals surface area contributed by atoms with Gasteiger partial charge in [0.1, 0.15) is 0 Å². The largest absolute Gasteiger partial charge is 0.309 e. The summed E-state index contributed by atoms with van der Waals surface area (Å²) in [5.74, 6) is 0. The summed E-state index contributed by atoms with van der Waals surface area (Å²) in [4.78, 5) is 3.66. The molecule has 0 aliphatic rings. The molecule has 0 bridgehead atoms. The minimum absolute atomic E-state index is 0.476. The van der Waals surface area contributed by atoms with E-state index in [2.05, 4.69) is 105 Å². The molecular weight excluding hydrogens is 538 g/mol. The summed E-state index contributed by atoms with van der Waals surface area (Å²) >= 11 is 0. The summed E-state index contributed by atoms with van der Waals surface area (Å²) in [5.41, 5.74) is 9.12. The van der Waals surface area contributed by atoms with Crippen molar-refractivity contribution < 1.29 is 0 Å². The molecule has 0 saturated carbocycles. The lowest BCUT2D eigenvalue weighted by atomic mass is 9.98. The Balaban J connectivity index is 1.53. The standard InChI is InChI=1S/C39H21N5/c1-42-28-16-15-26(24-41)34(21-28)27-19-29(43-36-11-5-2-8-31(36)32-9-3-6-12-37(32)43)22-30(20-27)44-38-13-7-4-10-33(38)35-18-25(23-40)14-17-39(35)44/h2-22H. The van der Waals surface area contributed by atoms with Gasteiger partial charge < -0.3 is 9.13 Å². The van der Waals surface area contributed by atoms with Crippen LogP contribution in [0.25, 0.3) is 71.0 Å². The Kier molecular flexibility index (Phi) is 5.56. The van der Waals surface area contributed by atoms with E-state index >= 15 is 0 Å². The Morgan fingerprint density at radius 3 is 1.61 bits per heavy atom. The summed E-state index contributed by atoms with van der Waals surface area (Å²) in [6, 6.07) is 47.0. The van der Waals surface area contributed by atoms with Crippen molar-refractivity contribution in [2.45, 2.75) is 0 Å². The van der Waals surface area contributed by atoms with Crippen LogP contribution in [0, 0.1) is 29.2 Å². The van der Waals surface area contributed by atoms with Crippen LogP contribution in [0.15, 0.2) is 127 Å². The first-order chi connectivity index (χ1) is 21.7. The summed E-state index contributed by atoms with van der Waals surface area (Å²) in [7, 11) is 0. The fraction of sp³-hybridized carbons (Fsp3) is 0. The van der Waals surface area contributed by atoms with Crippen LogP contribution >= 0.6 is 0 Å². The van der Waals surface area contributed by atoms with Crippen molar-refractivity contribution in [2.24, 2.45) is 0 Å². The van der Waals surface area contributed by atoms with Crippen molar-refractivity contribution in [3.8, 4) is 34.6 Å². The molecule has 5 heteroatoms. The van der Waals surface area contributed by atoms with Gasteiger partial charge in [-0.25, -0.2) is 4.85 Å². The monoisotopic (exact) mass is 559 g/mol. The normalized spacial score (nSPS) is 11.1. The second-order valence-corrected chi connectivity index (χ2v) is 10.8. The number of nitriles is 2. The molecule has 5 nitrogen and oxygen atoms in total. The molecule has 0 fully saturated rings. The number of fused-ring (bicyclic) bond motifs is 6. The average Bonchev–Trinajstić information content (AvgIpc) is 3.60. The molecule has 8 aromatic rings. The molecule has 0 aliphatic carbocycles. The second kappa shape index (κ2) is 9.74. The number of benzene rings is 6. The SMILES string of the molecule is [C-]#[N+]c1ccc(C#N)c(-c2cc(-n3c4ccccc4c4ccccc43)cc(-n3c4ccccc4c4cc(C#N)ccc43)c2)c1. The molecule has 0 radical (unpaired) electrons. The molecule has 0 saturated heterocycles. The van der Waals surface area contributed by atoms with Crippen molar-refractivity contribution in [1.82, 2.24) is 9.13 Å². The van der Waals surface area contributed by atoms with E-state index in [0.29, 0.717) is 22.4 Å². The zero-order valence-electron chi connectivity index (χ0n) is 23.4. The third-order valence-electron chi connectivity index (χ3n) is 8.36. The van der Waals surface area contributed by atoms with Crippen LogP contribution in [-0.4, -0.2) is 9.13 Å². The maximum absolute atomic E-state index is 10.1. The van der Waals surface area contributed by atoms with Crippen molar-refractivity contribution in [3.05, 3.63) is 150 Å². The molecule has 0 unspecified atom stereocenters. The smallest absolute Gasteiger partial charge is 0.187 e. The number of nitrogens with zero attached hydrogens (tertiary/aromatic N) is 5. The quantitative estimate of drug-likeness (QED) is 0.202. The fourth-order valence-corrected chi connectivity index (χ4v) is 6.47. The minimum atomic E-state index is 0.476. The van der Waals surface area contributed by atoms with Gasteiger partial charge in [0.2, 0.25) is 0 Å². The van der Waals surface area contributed by atoms with Crippen molar-refractivity contribution in [3.63, 3.8) is 0 Å². The lowest BCUT2D eigenvalue weighted by Gasteiger charge is -2.16. The first-order valence-electron chi connectivity index (χ1n) is 14.2. The van der Waals surface area contributed by atoms with Crippen LogP contribution in [0.1, 0.15) is 11.1 Å². The van der Waals surface area contributed by atoms with Gasteiger partial charge in [-0.05, 0) is 71.8 Å². The molecule has 2 aromatic heterocycles. The second-order valence-electron chi connectivity index (χ2n) is 10.8. The van der Waals surface area contributed by atoms with E-state index in [1.165, 1.54) is 0 Å². The molecule has 0 spiro atoms. The topological polar surface area (TPSA) is 61.8 Å². The van der Waals surface area contributed by atoms with Gasteiger partial charge in [0, 0.05) is 32.9 Å². The summed E-state index contributed by atoms with van der Waals surface area (Å²) in [6.45, 7) is 7.65. The number of para-hydroxylation sites is 3. The predicted molar refractivity (Wildman–Crippen MR) is 176 cm³/mol. The van der Waals surface area contributed by atoms with Gasteiger partial charge >= 0.3 is 0 Å². The molecule has 8 rings (SSSR count). The van der Waals surface area contributed by atoms with E-state index in [9.17, 15) is 10.5 Å². The molecule has 0 atom stereocenters. The lowest BCUT2D eigenvalue weighted by molar-refractivity contribution is 1.13. The Labute approximate surface area is 253 Å². The first-order valence-corrected chi connectivity index (χ1v) is 14.2. The van der Waals surface area contributed by atoms with Crippen LogP contribution in [0.2, 0.25) is 0 Å². The van der Waals surface area contributed by atoms with Gasteiger partial charge in [-0.15, -0.1) is 0 Å². The van der Waals surface area contributed by atoms with Crippen molar-refractivity contribution in [2.75, 3.05) is 0 Å². The molecule has 44 heavy (non-hydrogen) atoms. The van der Waals surface area contributed by atoms with E-state index in [1.807, 2.05) is 30.3 Å². The van der Waals surface area contributed by atoms with Crippen LogP contribution < -0.4 is 0 Å². The first kappa shape index (κ1) is 25.1. The molecule has 0 aliphatic heterocycles. The molecule has 0 amide bonds.